The van der Waals surface area contributed by atoms with E-state index in [0.717, 1.165) is 12.3 Å². The average Bonchev–Trinajstić information content (AvgIpc) is 2.41. The normalized spacial score (nSPS) is 11.7. The molecule has 0 aliphatic carbocycles. The third-order valence-electron chi connectivity index (χ3n) is 2.83. The van der Waals surface area contributed by atoms with Gasteiger partial charge in [0.05, 0.1) is 12.3 Å². The number of anilines is 1. The molecule has 8 heteroatoms. The quantitative estimate of drug-likeness (QED) is 0.662. The minimum atomic E-state index is -4.69. The second kappa shape index (κ2) is 5.28. The first kappa shape index (κ1) is 15.2. The standard InChI is InChI=1S/C13H9F5N2O/c14-9-3-10(15)11(19)2-7(9)8-4-20-12(13(16,17)18)1-6(8)5-21/h1-4,21H,5,19H2. The number of aliphatic hydroxyl groups is 1. The Kier molecular flexibility index (Phi) is 3.82. The number of alkyl halides is 3. The lowest BCUT2D eigenvalue weighted by Crippen LogP contribution is -2.09. The van der Waals surface area contributed by atoms with Crippen LogP contribution in [0.4, 0.5) is 27.6 Å². The van der Waals surface area contributed by atoms with Gasteiger partial charge in [0.1, 0.15) is 17.3 Å². The van der Waals surface area contributed by atoms with Gasteiger partial charge in [0.25, 0.3) is 0 Å². The molecule has 1 heterocycles. The maximum atomic E-state index is 13.7. The number of benzene rings is 1. The highest BCUT2D eigenvalue weighted by atomic mass is 19.4. The molecular weight excluding hydrogens is 295 g/mol. The number of aliphatic hydroxyl groups excluding tert-OH is 1. The summed E-state index contributed by atoms with van der Waals surface area (Å²) in [5, 5.41) is 9.16. The van der Waals surface area contributed by atoms with Gasteiger partial charge in [0, 0.05) is 23.4 Å². The Labute approximate surface area is 115 Å². The van der Waals surface area contributed by atoms with Gasteiger partial charge in [0.2, 0.25) is 0 Å². The van der Waals surface area contributed by atoms with Crippen molar-refractivity contribution >= 4 is 5.69 Å². The Bertz CT molecular complexity index is 685. The van der Waals surface area contributed by atoms with E-state index >= 15 is 0 Å². The highest BCUT2D eigenvalue weighted by Crippen LogP contribution is 2.33. The first-order chi connectivity index (χ1) is 9.74. The van der Waals surface area contributed by atoms with Crippen molar-refractivity contribution in [3.05, 3.63) is 47.3 Å². The molecule has 0 spiro atoms. The van der Waals surface area contributed by atoms with E-state index < -0.39 is 30.1 Å². The van der Waals surface area contributed by atoms with Gasteiger partial charge in [-0.15, -0.1) is 0 Å². The van der Waals surface area contributed by atoms with Gasteiger partial charge < -0.3 is 10.8 Å². The zero-order chi connectivity index (χ0) is 15.8. The number of nitrogens with zero attached hydrogens (tertiary/aromatic N) is 1. The molecular formula is C13H9F5N2O. The third kappa shape index (κ3) is 2.94. The predicted molar refractivity (Wildman–Crippen MR) is 64.9 cm³/mol. The lowest BCUT2D eigenvalue weighted by atomic mass is 10.00. The van der Waals surface area contributed by atoms with Crippen LogP contribution >= 0.6 is 0 Å². The fourth-order valence-electron chi connectivity index (χ4n) is 1.80. The van der Waals surface area contributed by atoms with Crippen LogP contribution in [-0.4, -0.2) is 10.1 Å². The number of nitrogen functional groups attached to an aromatic ring is 1. The van der Waals surface area contributed by atoms with Crippen molar-refractivity contribution < 1.29 is 27.1 Å². The van der Waals surface area contributed by atoms with Crippen molar-refractivity contribution in [1.82, 2.24) is 4.98 Å². The first-order valence-corrected chi connectivity index (χ1v) is 5.66. The summed E-state index contributed by atoms with van der Waals surface area (Å²) in [5.41, 5.74) is 3.21. The molecule has 2 aromatic rings. The zero-order valence-corrected chi connectivity index (χ0v) is 10.4. The van der Waals surface area contributed by atoms with Crippen LogP contribution in [0.15, 0.2) is 24.4 Å². The Hall–Kier alpha value is -2.22. The molecule has 21 heavy (non-hydrogen) atoms. The van der Waals surface area contributed by atoms with Crippen LogP contribution in [0.25, 0.3) is 11.1 Å². The monoisotopic (exact) mass is 304 g/mol. The van der Waals surface area contributed by atoms with E-state index in [1.165, 1.54) is 0 Å². The van der Waals surface area contributed by atoms with Gasteiger partial charge in [-0.25, -0.2) is 8.78 Å². The number of aromatic nitrogens is 1. The smallest absolute Gasteiger partial charge is 0.396 e. The fraction of sp³-hybridized carbons (Fsp3) is 0.154. The van der Waals surface area contributed by atoms with Crippen LogP contribution in [0.1, 0.15) is 11.3 Å². The number of rotatable bonds is 2. The lowest BCUT2D eigenvalue weighted by molar-refractivity contribution is -0.141. The maximum Gasteiger partial charge on any atom is 0.433 e. The molecule has 2 rings (SSSR count). The lowest BCUT2D eigenvalue weighted by Gasteiger charge is -2.12. The molecule has 0 bridgehead atoms. The van der Waals surface area contributed by atoms with E-state index in [9.17, 15) is 22.0 Å². The minimum absolute atomic E-state index is 0.0882. The van der Waals surface area contributed by atoms with Gasteiger partial charge in [-0.2, -0.15) is 13.2 Å². The summed E-state index contributed by atoms with van der Waals surface area (Å²) < 4.78 is 64.5. The van der Waals surface area contributed by atoms with Crippen LogP contribution in [0.5, 0.6) is 0 Å². The van der Waals surface area contributed by atoms with Crippen molar-refractivity contribution in [3.8, 4) is 11.1 Å². The molecule has 0 saturated carbocycles. The van der Waals surface area contributed by atoms with Gasteiger partial charge in [0.15, 0.2) is 0 Å². The summed E-state index contributed by atoms with van der Waals surface area (Å²) in [4.78, 5) is 3.19. The second-order valence-electron chi connectivity index (χ2n) is 4.24. The minimum Gasteiger partial charge on any atom is -0.396 e. The highest BCUT2D eigenvalue weighted by Gasteiger charge is 2.33. The van der Waals surface area contributed by atoms with Crippen molar-refractivity contribution in [2.75, 3.05) is 5.73 Å². The summed E-state index contributed by atoms with van der Waals surface area (Å²) in [6, 6.07) is 2.06. The molecule has 0 saturated heterocycles. The number of hydrogen-bond donors (Lipinski definition) is 2. The molecule has 3 nitrogen and oxygen atoms in total. The fourth-order valence-corrected chi connectivity index (χ4v) is 1.80. The van der Waals surface area contributed by atoms with Crippen molar-refractivity contribution in [2.24, 2.45) is 0 Å². The van der Waals surface area contributed by atoms with E-state index in [2.05, 4.69) is 4.98 Å². The van der Waals surface area contributed by atoms with E-state index in [-0.39, 0.29) is 22.4 Å². The Balaban J connectivity index is 2.62. The third-order valence-corrected chi connectivity index (χ3v) is 2.83. The van der Waals surface area contributed by atoms with Crippen molar-refractivity contribution in [3.63, 3.8) is 0 Å². The van der Waals surface area contributed by atoms with E-state index in [1.807, 2.05) is 0 Å². The zero-order valence-electron chi connectivity index (χ0n) is 10.4. The van der Waals surface area contributed by atoms with Crippen LogP contribution in [-0.2, 0) is 12.8 Å². The molecule has 0 aliphatic heterocycles. The predicted octanol–water partition coefficient (Wildman–Crippen LogP) is 3.12. The average molecular weight is 304 g/mol. The van der Waals surface area contributed by atoms with Crippen molar-refractivity contribution in [1.29, 1.82) is 0 Å². The molecule has 0 aliphatic rings. The number of halogens is 5. The van der Waals surface area contributed by atoms with Crippen LogP contribution < -0.4 is 5.73 Å². The second-order valence-corrected chi connectivity index (χ2v) is 4.24. The van der Waals surface area contributed by atoms with Crippen LogP contribution in [0, 0.1) is 11.6 Å². The molecule has 112 valence electrons. The van der Waals surface area contributed by atoms with Crippen LogP contribution in [0.2, 0.25) is 0 Å². The molecule has 0 amide bonds. The largest absolute Gasteiger partial charge is 0.433 e. The number of pyridine rings is 1. The first-order valence-electron chi connectivity index (χ1n) is 5.66. The van der Waals surface area contributed by atoms with E-state index in [1.54, 1.807) is 0 Å². The van der Waals surface area contributed by atoms with Gasteiger partial charge in [-0.3, -0.25) is 4.98 Å². The van der Waals surface area contributed by atoms with Gasteiger partial charge in [-0.05, 0) is 17.7 Å². The molecule has 0 unspecified atom stereocenters. The highest BCUT2D eigenvalue weighted by molar-refractivity contribution is 5.70. The summed E-state index contributed by atoms with van der Waals surface area (Å²) in [6.45, 7) is -0.766. The summed E-state index contributed by atoms with van der Waals surface area (Å²) >= 11 is 0. The molecule has 0 atom stereocenters. The Morgan fingerprint density at radius 1 is 1.05 bits per heavy atom. The van der Waals surface area contributed by atoms with Crippen LogP contribution in [0.3, 0.4) is 0 Å². The molecule has 1 aromatic heterocycles. The molecule has 1 aromatic carbocycles. The Morgan fingerprint density at radius 2 is 1.71 bits per heavy atom. The van der Waals surface area contributed by atoms with Gasteiger partial charge >= 0.3 is 6.18 Å². The number of hydrogen-bond acceptors (Lipinski definition) is 3. The van der Waals surface area contributed by atoms with Crippen molar-refractivity contribution in [2.45, 2.75) is 12.8 Å². The maximum absolute atomic E-state index is 13.7. The molecule has 0 fully saturated rings. The summed E-state index contributed by atoms with van der Waals surface area (Å²) in [6.07, 6.45) is -3.92. The van der Waals surface area contributed by atoms with Gasteiger partial charge in [-0.1, -0.05) is 0 Å². The van der Waals surface area contributed by atoms with E-state index in [4.69, 9.17) is 10.8 Å². The molecule has 3 N–H and O–H groups in total. The van der Waals surface area contributed by atoms with E-state index in [0.29, 0.717) is 12.1 Å². The molecule has 0 radical (unpaired) electrons. The summed E-state index contributed by atoms with van der Waals surface area (Å²) in [5.74, 6) is -2.00. The summed E-state index contributed by atoms with van der Waals surface area (Å²) in [7, 11) is 0. The Morgan fingerprint density at radius 3 is 2.29 bits per heavy atom. The number of nitrogens with two attached hydrogens (primary N) is 1. The topological polar surface area (TPSA) is 59.1 Å². The SMILES string of the molecule is Nc1cc(-c2cnc(C(F)(F)F)cc2CO)c(F)cc1F.